The lowest BCUT2D eigenvalue weighted by Crippen LogP contribution is -2.27. The third-order valence-electron chi connectivity index (χ3n) is 2.25. The van der Waals surface area contributed by atoms with Crippen LogP contribution in [0.5, 0.6) is 0 Å². The van der Waals surface area contributed by atoms with E-state index < -0.39 is 0 Å². The Hall–Kier alpha value is -1.37. The van der Waals surface area contributed by atoms with Gasteiger partial charge in [0, 0.05) is 17.5 Å². The van der Waals surface area contributed by atoms with Gasteiger partial charge in [0.2, 0.25) is 5.52 Å². The monoisotopic (exact) mass is 158 g/mol. The Morgan fingerprint density at radius 3 is 2.67 bits per heavy atom. The van der Waals surface area contributed by atoms with Crippen LogP contribution in [-0.4, -0.2) is 0 Å². The van der Waals surface area contributed by atoms with Gasteiger partial charge in [-0.3, -0.25) is 0 Å². The van der Waals surface area contributed by atoms with Gasteiger partial charge in [-0.2, -0.15) is 0 Å². The highest BCUT2D eigenvalue weighted by Gasteiger charge is 2.03. The van der Waals surface area contributed by atoms with Gasteiger partial charge in [-0.1, -0.05) is 12.1 Å². The molecule has 2 aromatic rings. The van der Waals surface area contributed by atoms with Crippen molar-refractivity contribution in [3.8, 4) is 0 Å². The number of hydrogen-bond donors (Lipinski definition) is 0. The molecule has 0 aliphatic heterocycles. The molecule has 0 aliphatic rings. The average Bonchev–Trinajstić information content (AvgIpc) is 2.07. The molecule has 1 aromatic heterocycles. The van der Waals surface area contributed by atoms with Crippen molar-refractivity contribution in [2.24, 2.45) is 7.05 Å². The van der Waals surface area contributed by atoms with Crippen molar-refractivity contribution in [1.29, 1.82) is 0 Å². The summed E-state index contributed by atoms with van der Waals surface area (Å²) >= 11 is 0. The largest absolute Gasteiger partial charge is 0.212 e. The zero-order valence-electron chi connectivity index (χ0n) is 7.41. The Bertz CT molecular complexity index is 377. The van der Waals surface area contributed by atoms with E-state index in [0.29, 0.717) is 0 Å². The van der Waals surface area contributed by atoms with Crippen molar-refractivity contribution in [2.75, 3.05) is 0 Å². The number of rotatable bonds is 0. The first-order chi connectivity index (χ1) is 5.79. The summed E-state index contributed by atoms with van der Waals surface area (Å²) in [6, 6.07) is 10.6. The molecule has 0 amide bonds. The first kappa shape index (κ1) is 7.29. The Labute approximate surface area is 72.3 Å². The molecule has 0 spiro atoms. The van der Waals surface area contributed by atoms with Gasteiger partial charge in [0.05, 0.1) is 0 Å². The van der Waals surface area contributed by atoms with E-state index >= 15 is 0 Å². The highest BCUT2D eigenvalue weighted by molar-refractivity contribution is 5.78. The molecule has 0 unspecified atom stereocenters. The molecule has 0 saturated carbocycles. The van der Waals surface area contributed by atoms with Crippen LogP contribution in [0.1, 0.15) is 5.56 Å². The van der Waals surface area contributed by atoms with E-state index in [4.69, 9.17) is 0 Å². The summed E-state index contributed by atoms with van der Waals surface area (Å²) < 4.78 is 2.14. The van der Waals surface area contributed by atoms with Crippen LogP contribution in [0.25, 0.3) is 10.9 Å². The Balaban J connectivity index is 2.94. The summed E-state index contributed by atoms with van der Waals surface area (Å²) in [7, 11) is 2.07. The predicted molar refractivity (Wildman–Crippen MR) is 49.9 cm³/mol. The quantitative estimate of drug-likeness (QED) is 0.516. The first-order valence-electron chi connectivity index (χ1n) is 4.13. The lowest BCUT2D eigenvalue weighted by molar-refractivity contribution is -0.644. The lowest BCUT2D eigenvalue weighted by Gasteiger charge is -1.98. The van der Waals surface area contributed by atoms with Gasteiger partial charge in [-0.05, 0) is 18.6 Å². The topological polar surface area (TPSA) is 3.88 Å². The van der Waals surface area contributed by atoms with Gasteiger partial charge >= 0.3 is 0 Å². The lowest BCUT2D eigenvalue weighted by atomic mass is 10.1. The fourth-order valence-corrected chi connectivity index (χ4v) is 1.54. The number of pyridine rings is 1. The molecule has 0 saturated heterocycles. The minimum atomic E-state index is 1.29. The summed E-state index contributed by atoms with van der Waals surface area (Å²) in [6.45, 7) is 2.14. The summed E-state index contributed by atoms with van der Waals surface area (Å²) in [6.07, 6.45) is 2.07. The van der Waals surface area contributed by atoms with Crippen molar-refractivity contribution in [1.82, 2.24) is 0 Å². The van der Waals surface area contributed by atoms with Gasteiger partial charge in [0.25, 0.3) is 0 Å². The van der Waals surface area contributed by atoms with E-state index in [1.165, 1.54) is 16.5 Å². The molecular formula is C11H12N+. The molecule has 1 heterocycles. The van der Waals surface area contributed by atoms with Crippen LogP contribution >= 0.6 is 0 Å². The van der Waals surface area contributed by atoms with Crippen molar-refractivity contribution in [2.45, 2.75) is 6.92 Å². The molecule has 0 atom stereocenters. The third kappa shape index (κ3) is 0.981. The van der Waals surface area contributed by atoms with Crippen LogP contribution in [0.3, 0.4) is 0 Å². The van der Waals surface area contributed by atoms with Gasteiger partial charge in [0.15, 0.2) is 6.20 Å². The minimum Gasteiger partial charge on any atom is -0.201 e. The predicted octanol–water partition coefficient (Wildman–Crippen LogP) is 1.97. The van der Waals surface area contributed by atoms with E-state index in [1.54, 1.807) is 0 Å². The highest BCUT2D eigenvalue weighted by Crippen LogP contribution is 2.13. The van der Waals surface area contributed by atoms with E-state index in [1.807, 2.05) is 0 Å². The maximum atomic E-state index is 2.16. The van der Waals surface area contributed by atoms with E-state index in [2.05, 4.69) is 55.1 Å². The van der Waals surface area contributed by atoms with Crippen LogP contribution in [0.15, 0.2) is 36.5 Å². The average molecular weight is 158 g/mol. The zero-order chi connectivity index (χ0) is 8.55. The van der Waals surface area contributed by atoms with E-state index in [-0.39, 0.29) is 0 Å². The van der Waals surface area contributed by atoms with E-state index in [9.17, 15) is 0 Å². The zero-order valence-corrected chi connectivity index (χ0v) is 7.41. The molecule has 60 valence electrons. The second-order valence-electron chi connectivity index (χ2n) is 3.13. The molecule has 1 heteroatoms. The van der Waals surface area contributed by atoms with Crippen LogP contribution < -0.4 is 4.57 Å². The number of benzene rings is 1. The molecule has 0 N–H and O–H groups in total. The van der Waals surface area contributed by atoms with Crippen LogP contribution in [-0.2, 0) is 7.05 Å². The first-order valence-corrected chi connectivity index (χ1v) is 4.13. The number of nitrogens with zero attached hydrogens (tertiary/aromatic N) is 1. The minimum absolute atomic E-state index is 1.29. The number of hydrogen-bond acceptors (Lipinski definition) is 0. The molecule has 12 heavy (non-hydrogen) atoms. The second kappa shape index (κ2) is 2.59. The van der Waals surface area contributed by atoms with Crippen molar-refractivity contribution < 1.29 is 4.57 Å². The summed E-state index contributed by atoms with van der Waals surface area (Å²) in [5.41, 5.74) is 2.63. The van der Waals surface area contributed by atoms with Crippen molar-refractivity contribution in [3.63, 3.8) is 0 Å². The van der Waals surface area contributed by atoms with Crippen LogP contribution in [0, 0.1) is 6.92 Å². The molecule has 2 rings (SSSR count). The number of aryl methyl sites for hydroxylation is 2. The Morgan fingerprint density at radius 1 is 1.08 bits per heavy atom. The molecule has 0 fully saturated rings. The molecule has 1 nitrogen and oxygen atoms in total. The van der Waals surface area contributed by atoms with Crippen molar-refractivity contribution in [3.05, 3.63) is 42.1 Å². The molecular weight excluding hydrogens is 146 g/mol. The molecule has 1 aromatic carbocycles. The smallest absolute Gasteiger partial charge is 0.201 e. The van der Waals surface area contributed by atoms with Crippen molar-refractivity contribution >= 4 is 10.9 Å². The van der Waals surface area contributed by atoms with Gasteiger partial charge < -0.3 is 0 Å². The molecule has 0 aliphatic carbocycles. The molecule has 0 bridgehead atoms. The third-order valence-corrected chi connectivity index (χ3v) is 2.25. The summed E-state index contributed by atoms with van der Waals surface area (Å²) in [5, 5.41) is 1.34. The summed E-state index contributed by atoms with van der Waals surface area (Å²) in [5.74, 6) is 0. The molecule has 0 radical (unpaired) electrons. The standard InChI is InChI=1S/C11H12N/c1-9-5-3-7-11-10(9)6-4-8-12(11)2/h3-8H,1-2H3/q+1. The van der Waals surface area contributed by atoms with Crippen LogP contribution in [0.2, 0.25) is 0 Å². The van der Waals surface area contributed by atoms with E-state index in [0.717, 1.165) is 0 Å². The Kier molecular flexibility index (Phi) is 1.58. The van der Waals surface area contributed by atoms with Gasteiger partial charge in [-0.15, -0.1) is 0 Å². The van der Waals surface area contributed by atoms with Crippen LogP contribution in [0.4, 0.5) is 0 Å². The Morgan fingerprint density at radius 2 is 1.92 bits per heavy atom. The van der Waals surface area contributed by atoms with Gasteiger partial charge in [-0.25, -0.2) is 4.57 Å². The second-order valence-corrected chi connectivity index (χ2v) is 3.13. The maximum Gasteiger partial charge on any atom is 0.212 e. The maximum absolute atomic E-state index is 2.16. The normalized spacial score (nSPS) is 10.5. The summed E-state index contributed by atoms with van der Waals surface area (Å²) in [4.78, 5) is 0. The number of aromatic nitrogens is 1. The fraction of sp³-hybridized carbons (Fsp3) is 0.182. The number of fused-ring (bicyclic) bond motifs is 1. The SMILES string of the molecule is Cc1cccc2c1ccc[n+]2C. The highest BCUT2D eigenvalue weighted by atomic mass is 14.9. The van der Waals surface area contributed by atoms with Gasteiger partial charge in [0.1, 0.15) is 7.05 Å². The fourth-order valence-electron chi connectivity index (χ4n) is 1.54.